The molecule has 4 N–H and O–H groups in total. The summed E-state index contributed by atoms with van der Waals surface area (Å²) in [7, 11) is 1.52. The Bertz CT molecular complexity index is 449. The highest BCUT2D eigenvalue weighted by Gasteiger charge is 2.38. The van der Waals surface area contributed by atoms with Crippen molar-refractivity contribution in [3.8, 4) is 0 Å². The van der Waals surface area contributed by atoms with Crippen LogP contribution in [0.2, 0.25) is 0 Å². The molecule has 3 amide bonds. The van der Waals surface area contributed by atoms with Crippen LogP contribution in [0, 0.1) is 17.3 Å². The second-order valence-electron chi connectivity index (χ2n) is 7.29. The molecule has 0 aliphatic rings. The summed E-state index contributed by atoms with van der Waals surface area (Å²) in [6.45, 7) is 9.48. The van der Waals surface area contributed by atoms with Gasteiger partial charge in [-0.1, -0.05) is 34.6 Å². The standard InChI is InChI=1S/C16H31N3O4S/c1-9(2)8-10(11(24-7)14(21)19-23)13(20)18-12(15(22)17-6)16(3,4)5/h9-12,23H,8H2,1-7H3,(H,17,22)(H,18,20)(H,19,21)/t10-,11-,12-/m1/s1. The van der Waals surface area contributed by atoms with Crippen molar-refractivity contribution in [2.75, 3.05) is 13.3 Å². The summed E-state index contributed by atoms with van der Waals surface area (Å²) in [6.07, 6.45) is 2.18. The average Bonchev–Trinajstić information content (AvgIpc) is 2.49. The van der Waals surface area contributed by atoms with Gasteiger partial charge in [-0.15, -0.1) is 0 Å². The molecular weight excluding hydrogens is 330 g/mol. The zero-order valence-electron chi connectivity index (χ0n) is 15.6. The van der Waals surface area contributed by atoms with E-state index in [1.807, 2.05) is 34.6 Å². The first kappa shape index (κ1) is 22.7. The van der Waals surface area contributed by atoms with Gasteiger partial charge in [-0.25, -0.2) is 5.48 Å². The normalized spacial score (nSPS) is 15.4. The van der Waals surface area contributed by atoms with E-state index in [2.05, 4.69) is 10.6 Å². The van der Waals surface area contributed by atoms with Gasteiger partial charge < -0.3 is 10.6 Å². The van der Waals surface area contributed by atoms with Gasteiger partial charge in [-0.3, -0.25) is 19.6 Å². The van der Waals surface area contributed by atoms with Gasteiger partial charge in [0, 0.05) is 7.05 Å². The van der Waals surface area contributed by atoms with Crippen LogP contribution in [0.4, 0.5) is 0 Å². The van der Waals surface area contributed by atoms with Crippen LogP contribution >= 0.6 is 11.8 Å². The summed E-state index contributed by atoms with van der Waals surface area (Å²) < 4.78 is 0. The zero-order valence-corrected chi connectivity index (χ0v) is 16.4. The van der Waals surface area contributed by atoms with Crippen molar-refractivity contribution in [3.63, 3.8) is 0 Å². The third kappa shape index (κ3) is 6.68. The van der Waals surface area contributed by atoms with Crippen LogP contribution in [-0.2, 0) is 14.4 Å². The molecule has 7 nitrogen and oxygen atoms in total. The van der Waals surface area contributed by atoms with E-state index in [0.717, 1.165) is 0 Å². The number of hydroxylamine groups is 1. The zero-order chi connectivity index (χ0) is 19.1. The molecular formula is C16H31N3O4S. The van der Waals surface area contributed by atoms with Crippen molar-refractivity contribution in [2.45, 2.75) is 52.3 Å². The third-order valence-electron chi connectivity index (χ3n) is 3.71. The van der Waals surface area contributed by atoms with Crippen molar-refractivity contribution in [3.05, 3.63) is 0 Å². The van der Waals surface area contributed by atoms with Gasteiger partial charge in [0.05, 0.1) is 11.2 Å². The third-order valence-corrected chi connectivity index (χ3v) is 4.76. The summed E-state index contributed by atoms with van der Waals surface area (Å²) in [5, 5.41) is 13.5. The summed E-state index contributed by atoms with van der Waals surface area (Å²) in [5.74, 6) is -1.74. The number of hydrogen-bond donors (Lipinski definition) is 4. The molecule has 0 aliphatic carbocycles. The number of likely N-dealkylation sites (N-methyl/N-ethyl adjacent to an activating group) is 1. The average molecular weight is 362 g/mol. The lowest BCUT2D eigenvalue weighted by molar-refractivity contribution is -0.137. The molecule has 0 aromatic carbocycles. The molecule has 0 aromatic rings. The Kier molecular flexibility index (Phi) is 9.35. The van der Waals surface area contributed by atoms with E-state index >= 15 is 0 Å². The first-order valence-electron chi connectivity index (χ1n) is 7.98. The Morgan fingerprint density at radius 2 is 1.62 bits per heavy atom. The molecule has 3 atom stereocenters. The highest BCUT2D eigenvalue weighted by atomic mass is 32.2. The quantitative estimate of drug-likeness (QED) is 0.383. The minimum absolute atomic E-state index is 0.176. The van der Waals surface area contributed by atoms with Gasteiger partial charge in [-0.05, 0) is 24.0 Å². The van der Waals surface area contributed by atoms with E-state index in [1.54, 1.807) is 11.7 Å². The minimum Gasteiger partial charge on any atom is -0.357 e. The van der Waals surface area contributed by atoms with Crippen LogP contribution in [0.1, 0.15) is 41.0 Å². The van der Waals surface area contributed by atoms with Gasteiger partial charge in [-0.2, -0.15) is 11.8 Å². The number of hydrogen-bond acceptors (Lipinski definition) is 5. The number of nitrogens with one attached hydrogen (secondary N) is 3. The highest BCUT2D eigenvalue weighted by molar-refractivity contribution is 8.00. The first-order valence-corrected chi connectivity index (χ1v) is 9.27. The molecule has 0 unspecified atom stereocenters. The molecule has 0 aromatic heterocycles. The number of carbonyl (C=O) groups is 3. The Labute approximate surface area is 148 Å². The van der Waals surface area contributed by atoms with Crippen LogP contribution in [0.5, 0.6) is 0 Å². The van der Waals surface area contributed by atoms with Crippen molar-refractivity contribution >= 4 is 29.5 Å². The van der Waals surface area contributed by atoms with Crippen molar-refractivity contribution in [1.82, 2.24) is 16.1 Å². The maximum absolute atomic E-state index is 12.8. The summed E-state index contributed by atoms with van der Waals surface area (Å²) in [5.41, 5.74) is 1.14. The molecule has 24 heavy (non-hydrogen) atoms. The minimum atomic E-state index is -0.734. The van der Waals surface area contributed by atoms with Crippen LogP contribution in [0.15, 0.2) is 0 Å². The fraction of sp³-hybridized carbons (Fsp3) is 0.812. The van der Waals surface area contributed by atoms with Crippen LogP contribution in [-0.4, -0.2) is 47.5 Å². The molecule has 0 spiro atoms. The van der Waals surface area contributed by atoms with E-state index in [0.29, 0.717) is 6.42 Å². The lowest BCUT2D eigenvalue weighted by Crippen LogP contribution is -2.56. The predicted molar refractivity (Wildman–Crippen MR) is 95.6 cm³/mol. The van der Waals surface area contributed by atoms with Gasteiger partial charge in [0.25, 0.3) is 5.91 Å². The molecule has 0 fully saturated rings. The second kappa shape index (κ2) is 9.88. The number of carbonyl (C=O) groups excluding carboxylic acids is 3. The predicted octanol–water partition coefficient (Wildman–Crippen LogP) is 1.16. The smallest absolute Gasteiger partial charge is 0.257 e. The molecule has 0 heterocycles. The summed E-state index contributed by atoms with van der Waals surface area (Å²) in [6, 6.07) is -0.718. The van der Waals surface area contributed by atoms with Crippen molar-refractivity contribution in [2.24, 2.45) is 17.3 Å². The van der Waals surface area contributed by atoms with Gasteiger partial charge in [0.2, 0.25) is 11.8 Å². The molecule has 0 saturated heterocycles. The summed E-state index contributed by atoms with van der Waals surface area (Å²) >= 11 is 1.20. The maximum atomic E-state index is 12.8. The van der Waals surface area contributed by atoms with Crippen molar-refractivity contribution in [1.29, 1.82) is 0 Å². The van der Waals surface area contributed by atoms with E-state index in [4.69, 9.17) is 5.21 Å². The fourth-order valence-corrected chi connectivity index (χ4v) is 3.29. The molecule has 0 radical (unpaired) electrons. The molecule has 0 bridgehead atoms. The Balaban J connectivity index is 5.50. The summed E-state index contributed by atoms with van der Waals surface area (Å²) in [4.78, 5) is 36.8. The highest BCUT2D eigenvalue weighted by Crippen LogP contribution is 2.26. The molecule has 0 aliphatic heterocycles. The van der Waals surface area contributed by atoms with Gasteiger partial charge in [0.1, 0.15) is 6.04 Å². The van der Waals surface area contributed by atoms with Crippen LogP contribution < -0.4 is 16.1 Å². The Morgan fingerprint density at radius 3 is 1.96 bits per heavy atom. The lowest BCUT2D eigenvalue weighted by Gasteiger charge is -2.33. The topological polar surface area (TPSA) is 108 Å². The van der Waals surface area contributed by atoms with Crippen LogP contribution in [0.3, 0.4) is 0 Å². The maximum Gasteiger partial charge on any atom is 0.257 e. The SMILES string of the molecule is CNC(=O)[C@@H](NC(=O)[C@H](CC(C)C)[C@@H](SC)C(=O)NO)C(C)(C)C. The molecule has 140 valence electrons. The van der Waals surface area contributed by atoms with Gasteiger partial charge in [0.15, 0.2) is 0 Å². The van der Waals surface area contributed by atoms with E-state index in [1.165, 1.54) is 18.8 Å². The molecule has 0 saturated carbocycles. The lowest BCUT2D eigenvalue weighted by atomic mass is 9.85. The first-order chi connectivity index (χ1) is 11.0. The second-order valence-corrected chi connectivity index (χ2v) is 8.27. The van der Waals surface area contributed by atoms with E-state index < -0.39 is 28.5 Å². The van der Waals surface area contributed by atoms with Crippen molar-refractivity contribution < 1.29 is 19.6 Å². The number of rotatable bonds is 8. The fourth-order valence-electron chi connectivity index (χ4n) is 2.46. The monoisotopic (exact) mass is 361 g/mol. The van der Waals surface area contributed by atoms with E-state index in [-0.39, 0.29) is 17.7 Å². The number of thioether (sulfide) groups is 1. The molecule has 8 heteroatoms. The van der Waals surface area contributed by atoms with Crippen LogP contribution in [0.25, 0.3) is 0 Å². The number of amides is 3. The van der Waals surface area contributed by atoms with E-state index in [9.17, 15) is 14.4 Å². The largest absolute Gasteiger partial charge is 0.357 e. The Morgan fingerprint density at radius 1 is 1.08 bits per heavy atom. The Hall–Kier alpha value is -1.28. The molecule has 0 rings (SSSR count). The van der Waals surface area contributed by atoms with Gasteiger partial charge >= 0.3 is 0 Å².